The van der Waals surface area contributed by atoms with Crippen molar-refractivity contribution in [3.8, 4) is 5.75 Å². The summed E-state index contributed by atoms with van der Waals surface area (Å²) >= 11 is 0. The third-order valence-electron chi connectivity index (χ3n) is 6.22. The maximum Gasteiger partial charge on any atom is 0.274 e. The number of likely N-dealkylation sites (tertiary alicyclic amines) is 1. The number of para-hydroxylation sites is 2. The zero-order valence-electron chi connectivity index (χ0n) is 17.4. The van der Waals surface area contributed by atoms with E-state index in [9.17, 15) is 8.78 Å². The first-order chi connectivity index (χ1) is 14.7. The minimum absolute atomic E-state index is 0.146. The number of hydrogen-bond donors (Lipinski definition) is 1. The quantitative estimate of drug-likeness (QED) is 0.654. The van der Waals surface area contributed by atoms with Crippen molar-refractivity contribution in [2.45, 2.75) is 31.7 Å². The summed E-state index contributed by atoms with van der Waals surface area (Å²) in [5, 5.41) is 3.47. The van der Waals surface area contributed by atoms with Crippen molar-refractivity contribution < 1.29 is 13.5 Å². The molecule has 30 heavy (non-hydrogen) atoms. The van der Waals surface area contributed by atoms with E-state index in [1.807, 2.05) is 0 Å². The van der Waals surface area contributed by atoms with Crippen LogP contribution in [0.2, 0.25) is 0 Å². The van der Waals surface area contributed by atoms with Crippen LogP contribution in [-0.2, 0) is 0 Å². The fourth-order valence-corrected chi connectivity index (χ4v) is 4.53. The van der Waals surface area contributed by atoms with Crippen LogP contribution >= 0.6 is 0 Å². The van der Waals surface area contributed by atoms with Crippen LogP contribution in [0.4, 0.5) is 20.2 Å². The number of benzene rings is 2. The van der Waals surface area contributed by atoms with Gasteiger partial charge in [-0.05, 0) is 62.1 Å². The Balaban J connectivity index is 1.26. The molecule has 2 aromatic carbocycles. The molecular weight excluding hydrogens is 384 g/mol. The molecule has 0 aromatic heterocycles. The maximum atomic E-state index is 13.5. The lowest BCUT2D eigenvalue weighted by Crippen LogP contribution is -2.45. The first-order valence-electron chi connectivity index (χ1n) is 10.7. The number of halogens is 2. The zero-order chi connectivity index (χ0) is 20.9. The second kappa shape index (κ2) is 9.47. The van der Waals surface area contributed by atoms with Gasteiger partial charge in [-0.3, -0.25) is 0 Å². The Bertz CT molecular complexity index is 872. The van der Waals surface area contributed by atoms with Gasteiger partial charge in [0.05, 0.1) is 25.2 Å². The lowest BCUT2D eigenvalue weighted by atomic mass is 10.00. The fourth-order valence-electron chi connectivity index (χ4n) is 4.53. The van der Waals surface area contributed by atoms with E-state index in [4.69, 9.17) is 4.74 Å². The smallest absolute Gasteiger partial charge is 0.274 e. The molecule has 0 unspecified atom stereocenters. The van der Waals surface area contributed by atoms with Crippen molar-refractivity contribution in [3.63, 3.8) is 0 Å². The molecule has 2 aliphatic rings. The number of allylic oxidation sites excluding steroid dienone is 1. The highest BCUT2D eigenvalue weighted by molar-refractivity contribution is 5.75. The van der Waals surface area contributed by atoms with E-state index in [1.165, 1.54) is 11.4 Å². The molecule has 0 atom stereocenters. The number of methoxy groups -OCH3 is 1. The van der Waals surface area contributed by atoms with Crippen LogP contribution in [-0.4, -0.2) is 44.4 Å². The van der Waals surface area contributed by atoms with E-state index in [2.05, 4.69) is 39.4 Å². The summed E-state index contributed by atoms with van der Waals surface area (Å²) in [6.45, 7) is 3.76. The Kier molecular flexibility index (Phi) is 6.53. The molecule has 0 aliphatic carbocycles. The summed E-state index contributed by atoms with van der Waals surface area (Å²) in [5.41, 5.74) is 3.23. The van der Waals surface area contributed by atoms with Gasteiger partial charge in [0.1, 0.15) is 5.75 Å². The molecule has 0 amide bonds. The first kappa shape index (κ1) is 20.7. The van der Waals surface area contributed by atoms with Crippen LogP contribution < -0.4 is 15.0 Å². The van der Waals surface area contributed by atoms with Gasteiger partial charge >= 0.3 is 0 Å². The van der Waals surface area contributed by atoms with Crippen molar-refractivity contribution >= 4 is 16.9 Å². The number of nitrogens with zero attached hydrogens (tertiary/aromatic N) is 2. The van der Waals surface area contributed by atoms with E-state index in [0.29, 0.717) is 23.8 Å². The average molecular weight is 414 g/mol. The SMILES string of the molecule is COc1ccc(C(CCCN2CCC(N3CNc4ccccc43)CC2)=C(F)F)cc1. The lowest BCUT2D eigenvalue weighted by Gasteiger charge is -2.37. The molecule has 6 heteroatoms. The van der Waals surface area contributed by atoms with Gasteiger partial charge in [0.15, 0.2) is 0 Å². The third kappa shape index (κ3) is 4.59. The van der Waals surface area contributed by atoms with Crippen LogP contribution in [0.25, 0.3) is 5.57 Å². The van der Waals surface area contributed by atoms with Crippen LogP contribution in [0, 0.1) is 0 Å². The summed E-state index contributed by atoms with van der Waals surface area (Å²) in [7, 11) is 1.57. The largest absolute Gasteiger partial charge is 0.497 e. The van der Waals surface area contributed by atoms with Gasteiger partial charge in [-0.15, -0.1) is 0 Å². The minimum Gasteiger partial charge on any atom is -0.497 e. The Morgan fingerprint density at radius 3 is 2.50 bits per heavy atom. The fraction of sp³-hybridized carbons (Fsp3) is 0.417. The molecular formula is C24H29F2N3O. The Morgan fingerprint density at radius 1 is 1.07 bits per heavy atom. The van der Waals surface area contributed by atoms with Gasteiger partial charge in [-0.1, -0.05) is 24.3 Å². The predicted molar refractivity (Wildman–Crippen MR) is 118 cm³/mol. The topological polar surface area (TPSA) is 27.7 Å². The number of ether oxygens (including phenoxy) is 1. The molecule has 160 valence electrons. The summed E-state index contributed by atoms with van der Waals surface area (Å²) in [6.07, 6.45) is 1.75. The van der Waals surface area contributed by atoms with Crippen LogP contribution in [0.5, 0.6) is 5.75 Å². The monoisotopic (exact) mass is 413 g/mol. The summed E-state index contributed by atoms with van der Waals surface area (Å²) in [6, 6.07) is 15.9. The van der Waals surface area contributed by atoms with Gasteiger partial charge < -0.3 is 19.9 Å². The second-order valence-electron chi connectivity index (χ2n) is 7.97. The second-order valence-corrected chi connectivity index (χ2v) is 7.97. The zero-order valence-corrected chi connectivity index (χ0v) is 17.4. The summed E-state index contributed by atoms with van der Waals surface area (Å²) < 4.78 is 32.1. The molecule has 4 rings (SSSR count). The molecule has 2 aliphatic heterocycles. The standard InChI is InChI=1S/C24H29F2N3O/c1-30-20-10-8-18(9-11-20)21(24(25)26)5-4-14-28-15-12-19(13-16-28)29-17-27-22-6-2-3-7-23(22)29/h2-3,6-11,19,27H,4-5,12-17H2,1H3. The number of anilines is 2. The summed E-state index contributed by atoms with van der Waals surface area (Å²) in [5.74, 6) is 0.677. The number of piperidine rings is 1. The molecule has 2 aromatic rings. The third-order valence-corrected chi connectivity index (χ3v) is 6.22. The average Bonchev–Trinajstić information content (AvgIpc) is 3.21. The molecule has 0 spiro atoms. The molecule has 0 radical (unpaired) electrons. The van der Waals surface area contributed by atoms with Crippen molar-refractivity contribution in [1.82, 2.24) is 4.90 Å². The number of fused-ring (bicyclic) bond motifs is 1. The number of rotatable bonds is 7. The molecule has 0 bridgehead atoms. The molecule has 4 nitrogen and oxygen atoms in total. The van der Waals surface area contributed by atoms with Crippen LogP contribution in [0.1, 0.15) is 31.2 Å². The van der Waals surface area contributed by atoms with Crippen molar-refractivity contribution in [2.75, 3.05) is 43.6 Å². The molecule has 1 fully saturated rings. The van der Waals surface area contributed by atoms with E-state index in [-0.39, 0.29) is 5.57 Å². The van der Waals surface area contributed by atoms with Crippen LogP contribution in [0.15, 0.2) is 54.6 Å². The molecule has 1 saturated heterocycles. The van der Waals surface area contributed by atoms with Crippen LogP contribution in [0.3, 0.4) is 0 Å². The van der Waals surface area contributed by atoms with Gasteiger partial charge in [-0.2, -0.15) is 8.78 Å². The molecule has 1 N–H and O–H groups in total. The Morgan fingerprint density at radius 2 is 1.80 bits per heavy atom. The van der Waals surface area contributed by atoms with Gasteiger partial charge in [0, 0.05) is 24.7 Å². The highest BCUT2D eigenvalue weighted by atomic mass is 19.3. The molecule has 2 heterocycles. The van der Waals surface area contributed by atoms with E-state index < -0.39 is 6.08 Å². The van der Waals surface area contributed by atoms with E-state index >= 15 is 0 Å². The van der Waals surface area contributed by atoms with Crippen molar-refractivity contribution in [2.24, 2.45) is 0 Å². The minimum atomic E-state index is -1.58. The van der Waals surface area contributed by atoms with Crippen molar-refractivity contribution in [1.29, 1.82) is 0 Å². The maximum absolute atomic E-state index is 13.5. The van der Waals surface area contributed by atoms with E-state index in [1.54, 1.807) is 31.4 Å². The van der Waals surface area contributed by atoms with E-state index in [0.717, 1.165) is 45.6 Å². The Hall–Kier alpha value is -2.60. The van der Waals surface area contributed by atoms with Gasteiger partial charge in [0.25, 0.3) is 6.08 Å². The predicted octanol–water partition coefficient (Wildman–Crippen LogP) is 5.44. The first-order valence-corrected chi connectivity index (χ1v) is 10.7. The molecule has 0 saturated carbocycles. The highest BCUT2D eigenvalue weighted by Crippen LogP contribution is 2.34. The Labute approximate surface area is 177 Å². The normalized spacial score (nSPS) is 16.8. The van der Waals surface area contributed by atoms with Gasteiger partial charge in [-0.25, -0.2) is 0 Å². The van der Waals surface area contributed by atoms with Gasteiger partial charge in [0.2, 0.25) is 0 Å². The highest BCUT2D eigenvalue weighted by Gasteiger charge is 2.28. The van der Waals surface area contributed by atoms with Crippen molar-refractivity contribution in [3.05, 3.63) is 60.2 Å². The lowest BCUT2D eigenvalue weighted by molar-refractivity contribution is 0.208. The number of nitrogens with one attached hydrogen (secondary N) is 1. The summed E-state index contributed by atoms with van der Waals surface area (Å²) in [4.78, 5) is 4.88. The number of hydrogen-bond acceptors (Lipinski definition) is 4.